The summed E-state index contributed by atoms with van der Waals surface area (Å²) in [6.07, 6.45) is 3.35. The number of amides is 1. The molecule has 2 aromatic carbocycles. The Hall–Kier alpha value is -3.01. The molecule has 0 unspecified atom stereocenters. The number of rotatable bonds is 4. The molecule has 0 aliphatic rings. The average molecular weight is 363 g/mol. The first kappa shape index (κ1) is 18.8. The number of hydrogen-bond acceptors (Lipinski definition) is 3. The SMILES string of the molecule is COc1c(/C(C)=C/C(=O)Nc2ccc(C)cc2C)cc2c(C)coc2c1C. The number of hydrogen-bond donors (Lipinski definition) is 1. The number of methoxy groups -OCH3 is 1. The highest BCUT2D eigenvalue weighted by molar-refractivity contribution is 6.05. The summed E-state index contributed by atoms with van der Waals surface area (Å²) in [5.41, 5.74) is 7.56. The Morgan fingerprint density at radius 3 is 2.52 bits per heavy atom. The Kier molecular flexibility index (Phi) is 5.08. The second-order valence-electron chi connectivity index (χ2n) is 7.01. The summed E-state index contributed by atoms with van der Waals surface area (Å²) >= 11 is 0. The van der Waals surface area contributed by atoms with Crippen molar-refractivity contribution in [1.29, 1.82) is 0 Å². The van der Waals surface area contributed by atoms with Gasteiger partial charge in [0.25, 0.3) is 0 Å². The molecule has 4 nitrogen and oxygen atoms in total. The first-order valence-electron chi connectivity index (χ1n) is 8.94. The topological polar surface area (TPSA) is 51.5 Å². The monoisotopic (exact) mass is 363 g/mol. The highest BCUT2D eigenvalue weighted by Crippen LogP contribution is 2.37. The first-order chi connectivity index (χ1) is 12.8. The molecule has 140 valence electrons. The van der Waals surface area contributed by atoms with Gasteiger partial charge in [-0.3, -0.25) is 4.79 Å². The van der Waals surface area contributed by atoms with Crippen molar-refractivity contribution >= 4 is 28.1 Å². The highest BCUT2D eigenvalue weighted by Gasteiger charge is 2.17. The number of fused-ring (bicyclic) bond motifs is 1. The lowest BCUT2D eigenvalue weighted by Gasteiger charge is -2.13. The molecule has 0 spiro atoms. The van der Waals surface area contributed by atoms with Crippen LogP contribution in [0.2, 0.25) is 0 Å². The van der Waals surface area contributed by atoms with Crippen LogP contribution in [0, 0.1) is 27.7 Å². The molecule has 3 rings (SSSR count). The van der Waals surface area contributed by atoms with Gasteiger partial charge in [-0.2, -0.15) is 0 Å². The van der Waals surface area contributed by atoms with E-state index in [1.54, 1.807) is 19.4 Å². The summed E-state index contributed by atoms with van der Waals surface area (Å²) in [5.74, 6) is 0.563. The number of aryl methyl sites for hydroxylation is 4. The van der Waals surface area contributed by atoms with Crippen molar-refractivity contribution in [2.75, 3.05) is 12.4 Å². The Bertz CT molecular complexity index is 1060. The molecule has 0 aliphatic heterocycles. The Labute approximate surface area is 159 Å². The van der Waals surface area contributed by atoms with Gasteiger partial charge in [0.2, 0.25) is 5.91 Å². The van der Waals surface area contributed by atoms with Crippen molar-refractivity contribution in [3.05, 3.63) is 64.4 Å². The first-order valence-corrected chi connectivity index (χ1v) is 8.94. The van der Waals surface area contributed by atoms with E-state index in [2.05, 4.69) is 5.32 Å². The van der Waals surface area contributed by atoms with Crippen molar-refractivity contribution in [2.45, 2.75) is 34.6 Å². The zero-order valence-electron chi connectivity index (χ0n) is 16.7. The smallest absolute Gasteiger partial charge is 0.248 e. The van der Waals surface area contributed by atoms with Crippen LogP contribution in [0.25, 0.3) is 16.5 Å². The fraction of sp³-hybridized carbons (Fsp3) is 0.261. The summed E-state index contributed by atoms with van der Waals surface area (Å²) < 4.78 is 11.3. The normalized spacial score (nSPS) is 11.7. The summed E-state index contributed by atoms with van der Waals surface area (Å²) in [5, 5.41) is 3.99. The minimum atomic E-state index is -0.164. The van der Waals surface area contributed by atoms with Crippen molar-refractivity contribution < 1.29 is 13.9 Å². The zero-order valence-corrected chi connectivity index (χ0v) is 16.7. The Morgan fingerprint density at radius 1 is 1.11 bits per heavy atom. The minimum absolute atomic E-state index is 0.164. The lowest BCUT2D eigenvalue weighted by atomic mass is 9.98. The van der Waals surface area contributed by atoms with Crippen LogP contribution in [-0.2, 0) is 4.79 Å². The van der Waals surface area contributed by atoms with Gasteiger partial charge in [0.15, 0.2) is 0 Å². The van der Waals surface area contributed by atoms with E-state index in [-0.39, 0.29) is 5.91 Å². The molecule has 1 heterocycles. The molecule has 1 amide bonds. The quantitative estimate of drug-likeness (QED) is 0.603. The third kappa shape index (κ3) is 3.61. The summed E-state index contributed by atoms with van der Waals surface area (Å²) in [6, 6.07) is 7.99. The van der Waals surface area contributed by atoms with Gasteiger partial charge < -0.3 is 14.5 Å². The summed E-state index contributed by atoms with van der Waals surface area (Å²) in [6.45, 7) is 9.91. The number of ether oxygens (including phenoxy) is 1. The molecular formula is C23H25NO3. The molecule has 0 radical (unpaired) electrons. The number of benzene rings is 2. The van der Waals surface area contributed by atoms with Gasteiger partial charge in [-0.1, -0.05) is 17.7 Å². The standard InChI is InChI=1S/C23H25NO3/c1-13-7-8-20(15(3)9-13)24-21(25)10-14(2)18-11-19-16(4)12-27-23(19)17(5)22(18)26-6/h7-12H,1-6H3,(H,24,25)/b14-10+. The average Bonchev–Trinajstić information content (AvgIpc) is 2.98. The van der Waals surface area contributed by atoms with Gasteiger partial charge >= 0.3 is 0 Å². The number of carbonyl (C=O) groups is 1. The Morgan fingerprint density at radius 2 is 1.85 bits per heavy atom. The van der Waals surface area contributed by atoms with Crippen LogP contribution in [-0.4, -0.2) is 13.0 Å². The van der Waals surface area contributed by atoms with Crippen molar-refractivity contribution in [1.82, 2.24) is 0 Å². The molecule has 0 bridgehead atoms. The van der Waals surface area contributed by atoms with Crippen LogP contribution < -0.4 is 10.1 Å². The lowest BCUT2D eigenvalue weighted by molar-refractivity contribution is -0.111. The summed E-state index contributed by atoms with van der Waals surface area (Å²) in [4.78, 5) is 12.6. The number of carbonyl (C=O) groups excluding carboxylic acids is 1. The van der Waals surface area contributed by atoms with Gasteiger partial charge in [-0.15, -0.1) is 0 Å². The number of anilines is 1. The molecule has 3 aromatic rings. The highest BCUT2D eigenvalue weighted by atomic mass is 16.5. The predicted octanol–water partition coefficient (Wildman–Crippen LogP) is 5.72. The number of furan rings is 1. The van der Waals surface area contributed by atoms with E-state index in [0.29, 0.717) is 0 Å². The molecule has 27 heavy (non-hydrogen) atoms. The van der Waals surface area contributed by atoms with E-state index in [0.717, 1.165) is 50.2 Å². The van der Waals surface area contributed by atoms with Crippen molar-refractivity contribution in [2.24, 2.45) is 0 Å². The van der Waals surface area contributed by atoms with Gasteiger partial charge in [0, 0.05) is 28.3 Å². The van der Waals surface area contributed by atoms with E-state index in [9.17, 15) is 4.79 Å². The molecule has 4 heteroatoms. The van der Waals surface area contributed by atoms with E-state index in [1.807, 2.05) is 58.9 Å². The van der Waals surface area contributed by atoms with Crippen molar-refractivity contribution in [3.63, 3.8) is 0 Å². The lowest BCUT2D eigenvalue weighted by Crippen LogP contribution is -2.10. The van der Waals surface area contributed by atoms with E-state index in [1.165, 1.54) is 5.56 Å². The molecule has 0 fully saturated rings. The maximum absolute atomic E-state index is 12.6. The number of nitrogens with one attached hydrogen (secondary N) is 1. The van der Waals surface area contributed by atoms with Crippen molar-refractivity contribution in [3.8, 4) is 5.75 Å². The van der Waals surface area contributed by atoms with Crippen LogP contribution in [0.4, 0.5) is 5.69 Å². The van der Waals surface area contributed by atoms with Gasteiger partial charge in [-0.25, -0.2) is 0 Å². The Balaban J connectivity index is 1.97. The fourth-order valence-electron chi connectivity index (χ4n) is 3.39. The van der Waals surface area contributed by atoms with Gasteiger partial charge in [0.1, 0.15) is 11.3 Å². The van der Waals surface area contributed by atoms with Crippen LogP contribution in [0.1, 0.15) is 34.7 Å². The fourth-order valence-corrected chi connectivity index (χ4v) is 3.39. The summed E-state index contributed by atoms with van der Waals surface area (Å²) in [7, 11) is 1.64. The third-order valence-electron chi connectivity index (χ3n) is 4.85. The molecule has 0 saturated carbocycles. The molecule has 1 aromatic heterocycles. The maximum atomic E-state index is 12.6. The predicted molar refractivity (Wildman–Crippen MR) is 110 cm³/mol. The van der Waals surface area contributed by atoms with Crippen LogP contribution in [0.3, 0.4) is 0 Å². The third-order valence-corrected chi connectivity index (χ3v) is 4.85. The molecule has 0 aliphatic carbocycles. The molecule has 1 N–H and O–H groups in total. The molecule has 0 atom stereocenters. The molecular weight excluding hydrogens is 338 g/mol. The number of allylic oxidation sites excluding steroid dienone is 1. The zero-order chi connectivity index (χ0) is 19.7. The van der Waals surface area contributed by atoms with Crippen LogP contribution >= 0.6 is 0 Å². The largest absolute Gasteiger partial charge is 0.496 e. The van der Waals surface area contributed by atoms with E-state index >= 15 is 0 Å². The van der Waals surface area contributed by atoms with Gasteiger partial charge in [0.05, 0.1) is 13.4 Å². The maximum Gasteiger partial charge on any atom is 0.248 e. The van der Waals surface area contributed by atoms with Crippen LogP contribution in [0.5, 0.6) is 5.75 Å². The second kappa shape index (κ2) is 7.31. The minimum Gasteiger partial charge on any atom is -0.496 e. The second-order valence-corrected chi connectivity index (χ2v) is 7.01. The van der Waals surface area contributed by atoms with Gasteiger partial charge in [-0.05, 0) is 63.5 Å². The van der Waals surface area contributed by atoms with E-state index in [4.69, 9.17) is 9.15 Å². The van der Waals surface area contributed by atoms with Crippen LogP contribution in [0.15, 0.2) is 41.0 Å². The van der Waals surface area contributed by atoms with E-state index < -0.39 is 0 Å². The molecule has 0 saturated heterocycles.